The van der Waals surface area contributed by atoms with Crippen LogP contribution < -0.4 is 11.1 Å². The molecule has 0 spiro atoms. The second-order valence-electron chi connectivity index (χ2n) is 4.76. The summed E-state index contributed by atoms with van der Waals surface area (Å²) in [6.45, 7) is 2.96. The van der Waals surface area contributed by atoms with Gasteiger partial charge in [-0.05, 0) is 36.2 Å². The molecule has 0 saturated heterocycles. The number of nitrogens with two attached hydrogens (primary N) is 1. The molecule has 5 nitrogen and oxygen atoms in total. The van der Waals surface area contributed by atoms with Crippen LogP contribution in [-0.2, 0) is 4.74 Å². The molecule has 1 heterocycles. The number of benzene rings is 1. The van der Waals surface area contributed by atoms with Crippen molar-refractivity contribution >= 4 is 11.6 Å². The molecule has 0 aliphatic rings. The van der Waals surface area contributed by atoms with Crippen LogP contribution in [0.1, 0.15) is 16.1 Å². The van der Waals surface area contributed by atoms with Crippen molar-refractivity contribution in [2.24, 2.45) is 0 Å². The van der Waals surface area contributed by atoms with Crippen LogP contribution in [0.4, 0.5) is 5.69 Å². The number of aromatic nitrogens is 1. The van der Waals surface area contributed by atoms with Crippen LogP contribution in [0.5, 0.6) is 0 Å². The van der Waals surface area contributed by atoms with E-state index in [9.17, 15) is 4.79 Å². The average Bonchev–Trinajstić information content (AvgIpc) is 2.50. The predicted molar refractivity (Wildman–Crippen MR) is 83.0 cm³/mol. The Morgan fingerprint density at radius 2 is 2.14 bits per heavy atom. The highest BCUT2D eigenvalue weighted by molar-refractivity contribution is 5.92. The lowest BCUT2D eigenvalue weighted by Crippen LogP contribution is -2.27. The molecular formula is C16H19N3O2. The molecule has 0 atom stereocenters. The van der Waals surface area contributed by atoms with Crippen LogP contribution in [0.25, 0.3) is 11.1 Å². The van der Waals surface area contributed by atoms with E-state index in [1.165, 1.54) is 0 Å². The number of amides is 1. The molecule has 2 rings (SSSR count). The Bertz CT molecular complexity index is 624. The zero-order valence-corrected chi connectivity index (χ0v) is 12.2. The highest BCUT2D eigenvalue weighted by atomic mass is 16.5. The van der Waals surface area contributed by atoms with Crippen LogP contribution in [-0.4, -0.2) is 31.2 Å². The smallest absolute Gasteiger partial charge is 0.269 e. The number of nitrogens with one attached hydrogen (secondary N) is 1. The van der Waals surface area contributed by atoms with E-state index in [0.29, 0.717) is 24.5 Å². The number of nitrogens with zero attached hydrogens (tertiary/aromatic N) is 1. The third-order valence-corrected chi connectivity index (χ3v) is 3.16. The molecule has 2 aromatic rings. The lowest BCUT2D eigenvalue weighted by atomic mass is 10.0. The van der Waals surface area contributed by atoms with Crippen LogP contribution in [0, 0.1) is 6.92 Å². The van der Waals surface area contributed by atoms with Crippen molar-refractivity contribution in [1.82, 2.24) is 10.3 Å². The molecule has 0 aliphatic heterocycles. The van der Waals surface area contributed by atoms with Crippen molar-refractivity contribution in [1.29, 1.82) is 0 Å². The summed E-state index contributed by atoms with van der Waals surface area (Å²) >= 11 is 0. The Hall–Kier alpha value is -2.40. The standard InChI is InChI=1S/C16H19N3O2/c1-11-3-5-13(17)9-14(11)12-4-6-15(19-10-12)16(20)18-7-8-21-2/h3-6,9-10H,7-8,17H2,1-2H3,(H,18,20). The fourth-order valence-corrected chi connectivity index (χ4v) is 2.00. The molecule has 0 fully saturated rings. The van der Waals surface area contributed by atoms with Gasteiger partial charge in [0.1, 0.15) is 5.69 Å². The Labute approximate surface area is 124 Å². The largest absolute Gasteiger partial charge is 0.399 e. The van der Waals surface area contributed by atoms with Gasteiger partial charge < -0.3 is 15.8 Å². The minimum Gasteiger partial charge on any atom is -0.399 e. The fraction of sp³-hybridized carbons (Fsp3) is 0.250. The molecule has 1 aromatic carbocycles. The normalized spacial score (nSPS) is 10.4. The zero-order valence-electron chi connectivity index (χ0n) is 12.2. The molecule has 1 amide bonds. The number of rotatable bonds is 5. The number of methoxy groups -OCH3 is 1. The molecule has 0 saturated carbocycles. The number of carbonyl (C=O) groups excluding carboxylic acids is 1. The molecular weight excluding hydrogens is 266 g/mol. The number of ether oxygens (including phenoxy) is 1. The molecule has 0 unspecified atom stereocenters. The van der Waals surface area contributed by atoms with E-state index in [4.69, 9.17) is 10.5 Å². The number of nitrogen functional groups attached to an aromatic ring is 1. The van der Waals surface area contributed by atoms with E-state index < -0.39 is 0 Å². The van der Waals surface area contributed by atoms with Crippen molar-refractivity contribution in [3.63, 3.8) is 0 Å². The van der Waals surface area contributed by atoms with Crippen LogP contribution >= 0.6 is 0 Å². The molecule has 1 aromatic heterocycles. The van der Waals surface area contributed by atoms with Gasteiger partial charge in [-0.3, -0.25) is 9.78 Å². The van der Waals surface area contributed by atoms with Crippen molar-refractivity contribution in [3.05, 3.63) is 47.8 Å². The van der Waals surface area contributed by atoms with Gasteiger partial charge in [-0.2, -0.15) is 0 Å². The van der Waals surface area contributed by atoms with Gasteiger partial charge in [-0.15, -0.1) is 0 Å². The van der Waals surface area contributed by atoms with Crippen molar-refractivity contribution in [2.45, 2.75) is 6.92 Å². The second-order valence-corrected chi connectivity index (χ2v) is 4.76. The Balaban J connectivity index is 2.15. The van der Waals surface area contributed by atoms with Crippen molar-refractivity contribution in [2.75, 3.05) is 26.0 Å². The highest BCUT2D eigenvalue weighted by Gasteiger charge is 2.08. The minimum atomic E-state index is -0.206. The zero-order chi connectivity index (χ0) is 15.2. The van der Waals surface area contributed by atoms with E-state index in [2.05, 4.69) is 10.3 Å². The van der Waals surface area contributed by atoms with Crippen molar-refractivity contribution in [3.8, 4) is 11.1 Å². The maximum Gasteiger partial charge on any atom is 0.269 e. The van der Waals surface area contributed by atoms with Crippen LogP contribution in [0.2, 0.25) is 0 Å². The predicted octanol–water partition coefficient (Wildman–Crippen LogP) is 2.02. The second kappa shape index (κ2) is 6.85. The summed E-state index contributed by atoms with van der Waals surface area (Å²) in [7, 11) is 1.59. The van der Waals surface area contributed by atoms with E-state index in [0.717, 1.165) is 16.7 Å². The molecule has 0 aliphatic carbocycles. The number of anilines is 1. The van der Waals surface area contributed by atoms with E-state index >= 15 is 0 Å². The first-order valence-electron chi connectivity index (χ1n) is 6.71. The highest BCUT2D eigenvalue weighted by Crippen LogP contribution is 2.24. The number of carbonyl (C=O) groups is 1. The van der Waals surface area contributed by atoms with E-state index in [1.54, 1.807) is 19.4 Å². The SMILES string of the molecule is COCCNC(=O)c1ccc(-c2cc(N)ccc2C)cn1. The van der Waals surface area contributed by atoms with E-state index in [-0.39, 0.29) is 5.91 Å². The first-order valence-corrected chi connectivity index (χ1v) is 6.71. The number of pyridine rings is 1. The summed E-state index contributed by atoms with van der Waals surface area (Å²) < 4.78 is 4.88. The quantitative estimate of drug-likeness (QED) is 0.651. The fourth-order valence-electron chi connectivity index (χ4n) is 2.00. The first kappa shape index (κ1) is 15.0. The Morgan fingerprint density at radius 3 is 2.81 bits per heavy atom. The van der Waals surface area contributed by atoms with Gasteiger partial charge in [0, 0.05) is 31.1 Å². The van der Waals surface area contributed by atoms with Gasteiger partial charge in [-0.1, -0.05) is 12.1 Å². The summed E-state index contributed by atoms with van der Waals surface area (Å²) in [5.74, 6) is -0.206. The van der Waals surface area contributed by atoms with Gasteiger partial charge >= 0.3 is 0 Å². The molecule has 5 heteroatoms. The lowest BCUT2D eigenvalue weighted by molar-refractivity contribution is 0.0932. The summed E-state index contributed by atoms with van der Waals surface area (Å²) in [6, 6.07) is 9.32. The first-order chi connectivity index (χ1) is 10.1. The Kier molecular flexibility index (Phi) is 4.90. The van der Waals surface area contributed by atoms with Gasteiger partial charge in [0.2, 0.25) is 0 Å². The molecule has 0 bridgehead atoms. The lowest BCUT2D eigenvalue weighted by Gasteiger charge is -2.08. The third kappa shape index (κ3) is 3.79. The van der Waals surface area contributed by atoms with Gasteiger partial charge in [0.05, 0.1) is 6.61 Å². The van der Waals surface area contributed by atoms with E-state index in [1.807, 2.05) is 31.2 Å². The summed E-state index contributed by atoms with van der Waals surface area (Å²) in [5, 5.41) is 2.73. The average molecular weight is 285 g/mol. The van der Waals surface area contributed by atoms with Crippen molar-refractivity contribution < 1.29 is 9.53 Å². The summed E-state index contributed by atoms with van der Waals surface area (Å²) in [5.41, 5.74) is 9.98. The number of aryl methyl sites for hydroxylation is 1. The summed E-state index contributed by atoms with van der Waals surface area (Å²) in [4.78, 5) is 16.1. The number of hydrogen-bond donors (Lipinski definition) is 2. The maximum atomic E-state index is 11.8. The monoisotopic (exact) mass is 285 g/mol. The molecule has 3 N–H and O–H groups in total. The molecule has 21 heavy (non-hydrogen) atoms. The van der Waals surface area contributed by atoms with Crippen LogP contribution in [0.3, 0.4) is 0 Å². The van der Waals surface area contributed by atoms with Gasteiger partial charge in [0.15, 0.2) is 0 Å². The molecule has 110 valence electrons. The van der Waals surface area contributed by atoms with Gasteiger partial charge in [0.25, 0.3) is 5.91 Å². The van der Waals surface area contributed by atoms with Gasteiger partial charge in [-0.25, -0.2) is 0 Å². The maximum absolute atomic E-state index is 11.8. The number of hydrogen-bond acceptors (Lipinski definition) is 4. The van der Waals surface area contributed by atoms with Crippen LogP contribution in [0.15, 0.2) is 36.5 Å². The topological polar surface area (TPSA) is 77.2 Å². The Morgan fingerprint density at radius 1 is 1.33 bits per heavy atom. The third-order valence-electron chi connectivity index (χ3n) is 3.16. The minimum absolute atomic E-state index is 0.206. The summed E-state index contributed by atoms with van der Waals surface area (Å²) in [6.07, 6.45) is 1.69. The molecule has 0 radical (unpaired) electrons.